The monoisotopic (exact) mass is 257 g/mol. The zero-order chi connectivity index (χ0) is 13.6. The highest BCUT2D eigenvalue weighted by molar-refractivity contribution is 5.91. The quantitative estimate of drug-likeness (QED) is 0.555. The lowest BCUT2D eigenvalue weighted by Crippen LogP contribution is -2.56. The standard InChI is InChI=1S/C12H23N3O3/c1-9(10(16)13-7-8-18-3)15-11(17)12(2)5-4-6-14-12/h9,14H,4-8H2,1-3H3,(H,13,16)(H,15,17). The average molecular weight is 257 g/mol. The fraction of sp³-hybridized carbons (Fsp3) is 0.833. The Kier molecular flexibility index (Phi) is 5.55. The first-order valence-corrected chi connectivity index (χ1v) is 6.32. The molecule has 1 aliphatic heterocycles. The lowest BCUT2D eigenvalue weighted by molar-refractivity contribution is -0.131. The molecule has 0 radical (unpaired) electrons. The van der Waals surface area contributed by atoms with E-state index in [-0.39, 0.29) is 11.8 Å². The summed E-state index contributed by atoms with van der Waals surface area (Å²) in [5, 5.41) is 8.59. The molecule has 0 aromatic heterocycles. The number of amides is 2. The molecule has 0 aromatic carbocycles. The van der Waals surface area contributed by atoms with Crippen LogP contribution in [0.4, 0.5) is 0 Å². The van der Waals surface area contributed by atoms with Gasteiger partial charge >= 0.3 is 0 Å². The minimum absolute atomic E-state index is 0.116. The van der Waals surface area contributed by atoms with Gasteiger partial charge in [-0.05, 0) is 33.2 Å². The number of nitrogens with one attached hydrogen (secondary N) is 3. The summed E-state index contributed by atoms with van der Waals surface area (Å²) in [6, 6.07) is -0.534. The summed E-state index contributed by atoms with van der Waals surface area (Å²) in [5.41, 5.74) is -0.541. The summed E-state index contributed by atoms with van der Waals surface area (Å²) in [5.74, 6) is -0.309. The van der Waals surface area contributed by atoms with Crippen LogP contribution >= 0.6 is 0 Å². The number of ether oxygens (including phenoxy) is 1. The summed E-state index contributed by atoms with van der Waals surface area (Å²) < 4.78 is 4.84. The van der Waals surface area contributed by atoms with Crippen molar-refractivity contribution in [2.75, 3.05) is 26.8 Å². The van der Waals surface area contributed by atoms with E-state index in [1.54, 1.807) is 14.0 Å². The Hall–Kier alpha value is -1.14. The van der Waals surface area contributed by atoms with Gasteiger partial charge in [-0.15, -0.1) is 0 Å². The summed E-state index contributed by atoms with van der Waals surface area (Å²) in [6.07, 6.45) is 1.79. The Morgan fingerprint density at radius 1 is 1.50 bits per heavy atom. The Balaban J connectivity index is 2.36. The van der Waals surface area contributed by atoms with Gasteiger partial charge in [0.2, 0.25) is 11.8 Å². The van der Waals surface area contributed by atoms with Crippen molar-refractivity contribution in [1.29, 1.82) is 0 Å². The predicted molar refractivity (Wildman–Crippen MR) is 68.1 cm³/mol. The first-order chi connectivity index (χ1) is 8.49. The predicted octanol–water partition coefficient (Wildman–Crippen LogP) is -0.604. The van der Waals surface area contributed by atoms with E-state index in [1.807, 2.05) is 6.92 Å². The summed E-state index contributed by atoms with van der Waals surface area (Å²) in [7, 11) is 1.57. The van der Waals surface area contributed by atoms with Crippen LogP contribution in [0, 0.1) is 0 Å². The van der Waals surface area contributed by atoms with Gasteiger partial charge < -0.3 is 20.7 Å². The maximum atomic E-state index is 12.0. The molecule has 0 bridgehead atoms. The number of hydrogen-bond donors (Lipinski definition) is 3. The fourth-order valence-electron chi connectivity index (χ4n) is 1.94. The van der Waals surface area contributed by atoms with Crippen molar-refractivity contribution in [3.8, 4) is 0 Å². The van der Waals surface area contributed by atoms with Gasteiger partial charge in [-0.25, -0.2) is 0 Å². The molecule has 1 fully saturated rings. The van der Waals surface area contributed by atoms with Gasteiger partial charge in [0, 0.05) is 13.7 Å². The van der Waals surface area contributed by atoms with Crippen LogP contribution in [-0.2, 0) is 14.3 Å². The molecule has 3 N–H and O–H groups in total. The van der Waals surface area contributed by atoms with E-state index in [1.165, 1.54) is 0 Å². The molecule has 1 saturated heterocycles. The van der Waals surface area contributed by atoms with Crippen LogP contribution in [0.2, 0.25) is 0 Å². The molecule has 18 heavy (non-hydrogen) atoms. The van der Waals surface area contributed by atoms with Crippen molar-refractivity contribution in [2.24, 2.45) is 0 Å². The van der Waals surface area contributed by atoms with Crippen LogP contribution in [0.3, 0.4) is 0 Å². The van der Waals surface area contributed by atoms with Crippen LogP contribution in [0.15, 0.2) is 0 Å². The first-order valence-electron chi connectivity index (χ1n) is 6.32. The highest BCUT2D eigenvalue weighted by Gasteiger charge is 2.36. The second-order valence-corrected chi connectivity index (χ2v) is 4.84. The second kappa shape index (κ2) is 6.70. The zero-order valence-electron chi connectivity index (χ0n) is 11.3. The van der Waals surface area contributed by atoms with Crippen molar-refractivity contribution >= 4 is 11.8 Å². The molecular formula is C12H23N3O3. The lowest BCUT2D eigenvalue weighted by atomic mass is 9.99. The molecule has 6 nitrogen and oxygen atoms in total. The molecule has 104 valence electrons. The van der Waals surface area contributed by atoms with Gasteiger partial charge in [-0.3, -0.25) is 9.59 Å². The smallest absolute Gasteiger partial charge is 0.242 e. The molecule has 6 heteroatoms. The van der Waals surface area contributed by atoms with E-state index in [0.29, 0.717) is 13.2 Å². The van der Waals surface area contributed by atoms with Gasteiger partial charge in [-0.1, -0.05) is 0 Å². The number of rotatable bonds is 6. The van der Waals surface area contributed by atoms with E-state index in [9.17, 15) is 9.59 Å². The zero-order valence-corrected chi connectivity index (χ0v) is 11.3. The van der Waals surface area contributed by atoms with Gasteiger partial charge in [0.05, 0.1) is 12.1 Å². The van der Waals surface area contributed by atoms with Gasteiger partial charge in [0.25, 0.3) is 0 Å². The molecule has 0 saturated carbocycles. The molecule has 2 amide bonds. The first kappa shape index (κ1) is 14.9. The molecule has 2 atom stereocenters. The van der Waals surface area contributed by atoms with Gasteiger partial charge in [0.15, 0.2) is 0 Å². The van der Waals surface area contributed by atoms with Crippen LogP contribution in [0.1, 0.15) is 26.7 Å². The average Bonchev–Trinajstić information content (AvgIpc) is 2.77. The molecule has 0 aliphatic carbocycles. The molecule has 1 rings (SSSR count). The Bertz CT molecular complexity index is 301. The third kappa shape index (κ3) is 3.96. The summed E-state index contributed by atoms with van der Waals surface area (Å²) in [4.78, 5) is 23.7. The highest BCUT2D eigenvalue weighted by atomic mass is 16.5. The molecular weight excluding hydrogens is 234 g/mol. The molecule has 0 aromatic rings. The summed E-state index contributed by atoms with van der Waals surface area (Å²) >= 11 is 0. The minimum atomic E-state index is -0.541. The third-order valence-corrected chi connectivity index (χ3v) is 3.22. The van der Waals surface area contributed by atoms with Gasteiger partial charge in [0.1, 0.15) is 6.04 Å². The Morgan fingerprint density at radius 3 is 2.78 bits per heavy atom. The highest BCUT2D eigenvalue weighted by Crippen LogP contribution is 2.18. The van der Waals surface area contributed by atoms with Crippen molar-refractivity contribution in [2.45, 2.75) is 38.3 Å². The van der Waals surface area contributed by atoms with Crippen molar-refractivity contribution < 1.29 is 14.3 Å². The van der Waals surface area contributed by atoms with Crippen LogP contribution in [-0.4, -0.2) is 50.2 Å². The van der Waals surface area contributed by atoms with Crippen LogP contribution in [0.5, 0.6) is 0 Å². The topological polar surface area (TPSA) is 79.5 Å². The van der Waals surface area contributed by atoms with E-state index in [0.717, 1.165) is 19.4 Å². The van der Waals surface area contributed by atoms with E-state index >= 15 is 0 Å². The maximum absolute atomic E-state index is 12.0. The normalized spacial score (nSPS) is 24.6. The fourth-order valence-corrected chi connectivity index (χ4v) is 1.94. The minimum Gasteiger partial charge on any atom is -0.383 e. The lowest BCUT2D eigenvalue weighted by Gasteiger charge is -2.25. The number of carbonyl (C=O) groups is 2. The van der Waals surface area contributed by atoms with Crippen molar-refractivity contribution in [1.82, 2.24) is 16.0 Å². The van der Waals surface area contributed by atoms with Crippen molar-refractivity contribution in [3.63, 3.8) is 0 Å². The number of carbonyl (C=O) groups excluding carboxylic acids is 2. The largest absolute Gasteiger partial charge is 0.383 e. The van der Waals surface area contributed by atoms with Crippen LogP contribution in [0.25, 0.3) is 0 Å². The Labute approximate surface area is 108 Å². The number of methoxy groups -OCH3 is 1. The van der Waals surface area contributed by atoms with Crippen LogP contribution < -0.4 is 16.0 Å². The van der Waals surface area contributed by atoms with Crippen molar-refractivity contribution in [3.05, 3.63) is 0 Å². The van der Waals surface area contributed by atoms with Gasteiger partial charge in [-0.2, -0.15) is 0 Å². The maximum Gasteiger partial charge on any atom is 0.242 e. The molecule has 1 heterocycles. The third-order valence-electron chi connectivity index (χ3n) is 3.22. The number of hydrogen-bond acceptors (Lipinski definition) is 4. The SMILES string of the molecule is COCCNC(=O)C(C)NC(=O)C1(C)CCCN1. The Morgan fingerprint density at radius 2 is 2.22 bits per heavy atom. The van der Waals surface area contributed by atoms with E-state index in [2.05, 4.69) is 16.0 Å². The molecule has 2 unspecified atom stereocenters. The second-order valence-electron chi connectivity index (χ2n) is 4.84. The van der Waals surface area contributed by atoms with E-state index < -0.39 is 11.6 Å². The van der Waals surface area contributed by atoms with E-state index in [4.69, 9.17) is 4.74 Å². The summed E-state index contributed by atoms with van der Waals surface area (Å²) in [6.45, 7) is 5.30. The molecule has 0 spiro atoms. The molecule has 1 aliphatic rings.